The zero-order valence-electron chi connectivity index (χ0n) is 8.60. The van der Waals surface area contributed by atoms with Crippen LogP contribution >= 0.6 is 0 Å². The molecule has 0 saturated heterocycles. The van der Waals surface area contributed by atoms with Crippen LogP contribution in [-0.4, -0.2) is 18.0 Å². The second-order valence-corrected chi connectivity index (χ2v) is 3.18. The third-order valence-electron chi connectivity index (χ3n) is 1.93. The number of aliphatic imine (C=N–C) groups is 1. The van der Waals surface area contributed by atoms with Gasteiger partial charge < -0.3 is 0 Å². The van der Waals surface area contributed by atoms with Crippen LogP contribution in [0.25, 0.3) is 0 Å². The van der Waals surface area contributed by atoms with Crippen LogP contribution in [0.1, 0.15) is 23.7 Å². The molecule has 0 aromatic heterocycles. The number of carbonyl (C=O) groups excluding carboxylic acids is 1. The molecule has 3 nitrogen and oxygen atoms in total. The summed E-state index contributed by atoms with van der Waals surface area (Å²) in [6.45, 7) is 1.88. The van der Waals surface area contributed by atoms with Gasteiger partial charge in [-0.1, -0.05) is 30.3 Å². The average Bonchev–Trinajstić information content (AvgIpc) is 2.27. The standard InChI is InChI=1S/C12H12N2O/c1-10(14-8-7-13)9-12(15)11-5-3-2-4-6-11/h2-6H,8-9H2,1H3. The van der Waals surface area contributed by atoms with Crippen LogP contribution < -0.4 is 0 Å². The number of hydrogen-bond donors (Lipinski definition) is 0. The van der Waals surface area contributed by atoms with Crippen molar-refractivity contribution in [1.29, 1.82) is 5.26 Å². The number of ketones is 1. The lowest BCUT2D eigenvalue weighted by Crippen LogP contribution is -2.05. The van der Waals surface area contributed by atoms with E-state index in [0.717, 1.165) is 0 Å². The van der Waals surface area contributed by atoms with E-state index in [9.17, 15) is 4.79 Å². The minimum absolute atomic E-state index is 0.0368. The maximum atomic E-state index is 11.7. The van der Waals surface area contributed by atoms with Crippen LogP contribution in [-0.2, 0) is 0 Å². The SMILES string of the molecule is CC(CC(=O)c1ccccc1)=NCC#N. The third-order valence-corrected chi connectivity index (χ3v) is 1.93. The van der Waals surface area contributed by atoms with E-state index in [2.05, 4.69) is 4.99 Å². The predicted octanol–water partition coefficient (Wildman–Crippen LogP) is 2.24. The van der Waals surface area contributed by atoms with Gasteiger partial charge in [-0.15, -0.1) is 0 Å². The molecule has 15 heavy (non-hydrogen) atoms. The Morgan fingerprint density at radius 2 is 2.07 bits per heavy atom. The Bertz CT molecular complexity index is 401. The second kappa shape index (κ2) is 5.71. The first-order chi connectivity index (χ1) is 7.24. The monoisotopic (exact) mass is 200 g/mol. The highest BCUT2D eigenvalue weighted by atomic mass is 16.1. The zero-order valence-corrected chi connectivity index (χ0v) is 8.60. The molecule has 0 unspecified atom stereocenters. The molecule has 0 fully saturated rings. The van der Waals surface area contributed by atoms with Crippen molar-refractivity contribution in [1.82, 2.24) is 0 Å². The first-order valence-corrected chi connectivity index (χ1v) is 4.69. The molecular weight excluding hydrogens is 188 g/mol. The number of nitrogens with zero attached hydrogens (tertiary/aromatic N) is 2. The fourth-order valence-electron chi connectivity index (χ4n) is 1.18. The van der Waals surface area contributed by atoms with Crippen molar-refractivity contribution >= 4 is 11.5 Å². The van der Waals surface area contributed by atoms with Gasteiger partial charge in [0, 0.05) is 17.7 Å². The quantitative estimate of drug-likeness (QED) is 0.425. The number of carbonyl (C=O) groups is 1. The van der Waals surface area contributed by atoms with Gasteiger partial charge in [-0.2, -0.15) is 5.26 Å². The molecule has 1 aromatic rings. The van der Waals surface area contributed by atoms with Crippen LogP contribution in [0, 0.1) is 11.3 Å². The van der Waals surface area contributed by atoms with E-state index in [-0.39, 0.29) is 18.7 Å². The van der Waals surface area contributed by atoms with Crippen molar-refractivity contribution in [2.24, 2.45) is 4.99 Å². The summed E-state index contributed by atoms with van der Waals surface area (Å²) >= 11 is 0. The summed E-state index contributed by atoms with van der Waals surface area (Å²) in [6, 6.07) is 11.0. The maximum Gasteiger partial charge on any atom is 0.168 e. The van der Waals surface area contributed by atoms with E-state index < -0.39 is 0 Å². The molecule has 0 amide bonds. The van der Waals surface area contributed by atoms with E-state index in [1.165, 1.54) is 0 Å². The third kappa shape index (κ3) is 3.74. The largest absolute Gasteiger partial charge is 0.294 e. The second-order valence-electron chi connectivity index (χ2n) is 3.18. The first kappa shape index (κ1) is 11.1. The molecule has 1 rings (SSSR count). The summed E-state index contributed by atoms with van der Waals surface area (Å²) < 4.78 is 0. The van der Waals surface area contributed by atoms with E-state index in [0.29, 0.717) is 11.3 Å². The number of benzene rings is 1. The highest BCUT2D eigenvalue weighted by Crippen LogP contribution is 2.03. The predicted molar refractivity (Wildman–Crippen MR) is 59.0 cm³/mol. The van der Waals surface area contributed by atoms with Gasteiger partial charge in [0.15, 0.2) is 5.78 Å². The molecule has 0 atom stereocenters. The van der Waals surface area contributed by atoms with E-state index >= 15 is 0 Å². The van der Waals surface area contributed by atoms with Crippen molar-refractivity contribution in [3.8, 4) is 6.07 Å². The van der Waals surface area contributed by atoms with Gasteiger partial charge in [-0.05, 0) is 6.92 Å². The van der Waals surface area contributed by atoms with Crippen LogP contribution in [0.4, 0.5) is 0 Å². The van der Waals surface area contributed by atoms with Gasteiger partial charge in [-0.25, -0.2) is 0 Å². The maximum absolute atomic E-state index is 11.7. The van der Waals surface area contributed by atoms with Gasteiger partial charge in [-0.3, -0.25) is 9.79 Å². The molecule has 0 spiro atoms. The lowest BCUT2D eigenvalue weighted by Gasteiger charge is -1.99. The topological polar surface area (TPSA) is 53.2 Å². The van der Waals surface area contributed by atoms with Crippen molar-refractivity contribution in [2.75, 3.05) is 6.54 Å². The number of Topliss-reactive ketones (excluding diaryl/α,β-unsaturated/α-hetero) is 1. The molecule has 1 aromatic carbocycles. The lowest BCUT2D eigenvalue weighted by atomic mass is 10.1. The summed E-state index contributed by atoms with van der Waals surface area (Å²) in [5.74, 6) is 0.0368. The Hall–Kier alpha value is -1.95. The van der Waals surface area contributed by atoms with Gasteiger partial charge >= 0.3 is 0 Å². The molecule has 3 heteroatoms. The normalized spacial score (nSPS) is 10.8. The Balaban J connectivity index is 2.61. The molecule has 0 N–H and O–H groups in total. The van der Waals surface area contributed by atoms with Gasteiger partial charge in [0.25, 0.3) is 0 Å². The van der Waals surface area contributed by atoms with E-state index in [1.807, 2.05) is 24.3 Å². The Morgan fingerprint density at radius 1 is 1.40 bits per heavy atom. The highest BCUT2D eigenvalue weighted by Gasteiger charge is 2.05. The lowest BCUT2D eigenvalue weighted by molar-refractivity contribution is 0.100. The average molecular weight is 200 g/mol. The Morgan fingerprint density at radius 3 is 2.67 bits per heavy atom. The number of nitriles is 1. The minimum atomic E-state index is 0.0368. The number of rotatable bonds is 4. The summed E-state index contributed by atoms with van der Waals surface area (Å²) in [4.78, 5) is 15.6. The van der Waals surface area contributed by atoms with Crippen molar-refractivity contribution in [3.63, 3.8) is 0 Å². The van der Waals surface area contributed by atoms with Crippen LogP contribution in [0.15, 0.2) is 35.3 Å². The zero-order chi connectivity index (χ0) is 11.1. The van der Waals surface area contributed by atoms with E-state index in [1.54, 1.807) is 19.1 Å². The summed E-state index contributed by atoms with van der Waals surface area (Å²) in [5.41, 5.74) is 1.38. The van der Waals surface area contributed by atoms with Crippen molar-refractivity contribution < 1.29 is 4.79 Å². The van der Waals surface area contributed by atoms with Crippen LogP contribution in [0.2, 0.25) is 0 Å². The Labute approximate surface area is 89.1 Å². The molecule has 0 aliphatic carbocycles. The fourth-order valence-corrected chi connectivity index (χ4v) is 1.18. The smallest absolute Gasteiger partial charge is 0.168 e. The fraction of sp³-hybridized carbons (Fsp3) is 0.250. The molecule has 0 aliphatic heterocycles. The number of hydrogen-bond acceptors (Lipinski definition) is 3. The molecule has 0 saturated carbocycles. The van der Waals surface area contributed by atoms with Gasteiger partial charge in [0.2, 0.25) is 0 Å². The van der Waals surface area contributed by atoms with Crippen molar-refractivity contribution in [3.05, 3.63) is 35.9 Å². The van der Waals surface area contributed by atoms with Gasteiger partial charge in [0.05, 0.1) is 6.07 Å². The molecule has 76 valence electrons. The summed E-state index contributed by atoms with van der Waals surface area (Å²) in [6.07, 6.45) is 0.283. The van der Waals surface area contributed by atoms with Crippen molar-refractivity contribution in [2.45, 2.75) is 13.3 Å². The first-order valence-electron chi connectivity index (χ1n) is 4.69. The van der Waals surface area contributed by atoms with E-state index in [4.69, 9.17) is 5.26 Å². The van der Waals surface area contributed by atoms with Gasteiger partial charge in [0.1, 0.15) is 6.54 Å². The Kier molecular flexibility index (Phi) is 4.24. The highest BCUT2D eigenvalue weighted by molar-refractivity contribution is 6.08. The molecule has 0 heterocycles. The summed E-state index contributed by atoms with van der Waals surface area (Å²) in [5, 5.41) is 8.32. The molecule has 0 bridgehead atoms. The molecular formula is C12H12N2O. The minimum Gasteiger partial charge on any atom is -0.294 e. The van der Waals surface area contributed by atoms with Crippen LogP contribution in [0.3, 0.4) is 0 Å². The molecule has 0 aliphatic rings. The molecule has 0 radical (unpaired) electrons. The summed E-state index contributed by atoms with van der Waals surface area (Å²) in [7, 11) is 0. The van der Waals surface area contributed by atoms with Crippen LogP contribution in [0.5, 0.6) is 0 Å².